The highest BCUT2D eigenvalue weighted by molar-refractivity contribution is 5.33. The Bertz CT molecular complexity index is 346. The highest BCUT2D eigenvalue weighted by atomic mass is 16.5. The minimum absolute atomic E-state index is 0.0906. The van der Waals surface area contributed by atoms with Crippen LogP contribution in [0, 0.1) is 0 Å². The van der Waals surface area contributed by atoms with Crippen LogP contribution in [-0.4, -0.2) is 16.7 Å². The first-order valence-corrected chi connectivity index (χ1v) is 6.04. The van der Waals surface area contributed by atoms with Crippen molar-refractivity contribution in [2.24, 2.45) is 0 Å². The van der Waals surface area contributed by atoms with E-state index < -0.39 is 0 Å². The SMILES string of the molecule is CCCCc1cc(CO)c2c(n1)CCOC2. The fourth-order valence-electron chi connectivity index (χ4n) is 2.10. The molecule has 0 amide bonds. The molecular formula is C13H19NO2. The number of aromatic nitrogens is 1. The predicted octanol–water partition coefficient (Wildman–Crippen LogP) is 1.99. The Morgan fingerprint density at radius 3 is 3.12 bits per heavy atom. The largest absolute Gasteiger partial charge is 0.392 e. The highest BCUT2D eigenvalue weighted by Gasteiger charge is 2.15. The lowest BCUT2D eigenvalue weighted by Crippen LogP contribution is -2.15. The molecule has 0 aliphatic carbocycles. The molecule has 2 heterocycles. The Morgan fingerprint density at radius 2 is 2.38 bits per heavy atom. The summed E-state index contributed by atoms with van der Waals surface area (Å²) in [6, 6.07) is 2.03. The zero-order chi connectivity index (χ0) is 11.4. The lowest BCUT2D eigenvalue weighted by molar-refractivity contribution is 0.107. The lowest BCUT2D eigenvalue weighted by Gasteiger charge is -2.19. The van der Waals surface area contributed by atoms with E-state index in [1.807, 2.05) is 6.07 Å². The number of unbranched alkanes of at least 4 members (excludes halogenated alkanes) is 1. The summed E-state index contributed by atoms with van der Waals surface area (Å²) in [6.45, 7) is 3.63. The van der Waals surface area contributed by atoms with Gasteiger partial charge in [-0.2, -0.15) is 0 Å². The third-order valence-electron chi connectivity index (χ3n) is 3.04. The van der Waals surface area contributed by atoms with E-state index >= 15 is 0 Å². The smallest absolute Gasteiger partial charge is 0.0738 e. The Balaban J connectivity index is 2.28. The summed E-state index contributed by atoms with van der Waals surface area (Å²) >= 11 is 0. The van der Waals surface area contributed by atoms with Crippen LogP contribution in [0.2, 0.25) is 0 Å². The van der Waals surface area contributed by atoms with Crippen molar-refractivity contribution in [3.8, 4) is 0 Å². The molecule has 2 rings (SSSR count). The minimum atomic E-state index is 0.0906. The zero-order valence-corrected chi connectivity index (χ0v) is 9.83. The van der Waals surface area contributed by atoms with E-state index in [1.165, 1.54) is 6.42 Å². The van der Waals surface area contributed by atoms with Crippen molar-refractivity contribution in [1.29, 1.82) is 0 Å². The van der Waals surface area contributed by atoms with E-state index in [0.29, 0.717) is 6.61 Å². The van der Waals surface area contributed by atoms with Gasteiger partial charge in [0.1, 0.15) is 0 Å². The normalized spacial score (nSPS) is 14.9. The first-order chi connectivity index (χ1) is 7.85. The number of rotatable bonds is 4. The van der Waals surface area contributed by atoms with E-state index in [0.717, 1.165) is 48.4 Å². The van der Waals surface area contributed by atoms with Gasteiger partial charge in [-0.3, -0.25) is 4.98 Å². The molecule has 0 radical (unpaired) electrons. The van der Waals surface area contributed by atoms with Crippen LogP contribution in [0.25, 0.3) is 0 Å². The summed E-state index contributed by atoms with van der Waals surface area (Å²) < 4.78 is 5.41. The second-order valence-electron chi connectivity index (χ2n) is 4.26. The van der Waals surface area contributed by atoms with Crippen LogP contribution in [-0.2, 0) is 30.8 Å². The third kappa shape index (κ3) is 2.42. The second-order valence-corrected chi connectivity index (χ2v) is 4.26. The molecule has 0 saturated heterocycles. The van der Waals surface area contributed by atoms with Gasteiger partial charge in [-0.05, 0) is 24.5 Å². The summed E-state index contributed by atoms with van der Waals surface area (Å²) in [6.07, 6.45) is 4.23. The molecule has 1 aromatic rings. The maximum Gasteiger partial charge on any atom is 0.0738 e. The quantitative estimate of drug-likeness (QED) is 0.845. The molecule has 1 aliphatic heterocycles. The summed E-state index contributed by atoms with van der Waals surface area (Å²) in [5.41, 5.74) is 4.35. The van der Waals surface area contributed by atoms with Crippen LogP contribution in [0.5, 0.6) is 0 Å². The number of pyridine rings is 1. The van der Waals surface area contributed by atoms with Gasteiger partial charge in [0.2, 0.25) is 0 Å². The molecule has 3 heteroatoms. The number of hydrogen-bond acceptors (Lipinski definition) is 3. The molecular weight excluding hydrogens is 202 g/mol. The zero-order valence-electron chi connectivity index (χ0n) is 9.83. The van der Waals surface area contributed by atoms with Crippen LogP contribution < -0.4 is 0 Å². The maximum atomic E-state index is 9.36. The van der Waals surface area contributed by atoms with Crippen molar-refractivity contribution in [1.82, 2.24) is 4.98 Å². The molecule has 1 N–H and O–H groups in total. The fraction of sp³-hybridized carbons (Fsp3) is 0.615. The van der Waals surface area contributed by atoms with E-state index in [-0.39, 0.29) is 6.61 Å². The standard InChI is InChI=1S/C13H19NO2/c1-2-3-4-11-7-10(8-15)12-9-16-6-5-13(12)14-11/h7,15H,2-6,8-9H2,1H3. The van der Waals surface area contributed by atoms with E-state index in [9.17, 15) is 5.11 Å². The van der Waals surface area contributed by atoms with E-state index in [4.69, 9.17) is 4.74 Å². The van der Waals surface area contributed by atoms with E-state index in [2.05, 4.69) is 11.9 Å². The van der Waals surface area contributed by atoms with Crippen molar-refractivity contribution in [3.63, 3.8) is 0 Å². The number of ether oxygens (including phenoxy) is 1. The average Bonchev–Trinajstić information content (AvgIpc) is 2.35. The van der Waals surface area contributed by atoms with Crippen molar-refractivity contribution in [2.45, 2.75) is 45.8 Å². The Hall–Kier alpha value is -0.930. The number of aryl methyl sites for hydroxylation is 1. The van der Waals surface area contributed by atoms with Crippen molar-refractivity contribution in [3.05, 3.63) is 28.6 Å². The molecule has 0 spiro atoms. The number of hydrogen-bond donors (Lipinski definition) is 1. The lowest BCUT2D eigenvalue weighted by atomic mass is 10.0. The number of aliphatic hydroxyl groups excluding tert-OH is 1. The van der Waals surface area contributed by atoms with Crippen molar-refractivity contribution in [2.75, 3.05) is 6.61 Å². The molecule has 0 aromatic carbocycles. The predicted molar refractivity (Wildman–Crippen MR) is 62.1 cm³/mol. The highest BCUT2D eigenvalue weighted by Crippen LogP contribution is 2.21. The van der Waals surface area contributed by atoms with Gasteiger partial charge >= 0.3 is 0 Å². The van der Waals surface area contributed by atoms with Crippen LogP contribution in [0.4, 0.5) is 0 Å². The summed E-state index contributed by atoms with van der Waals surface area (Å²) in [5.74, 6) is 0. The van der Waals surface area contributed by atoms with Crippen molar-refractivity contribution < 1.29 is 9.84 Å². The maximum absolute atomic E-state index is 9.36. The second kappa shape index (κ2) is 5.41. The van der Waals surface area contributed by atoms with Crippen molar-refractivity contribution >= 4 is 0 Å². The third-order valence-corrected chi connectivity index (χ3v) is 3.04. The molecule has 16 heavy (non-hydrogen) atoms. The molecule has 0 bridgehead atoms. The van der Waals surface area contributed by atoms with Gasteiger partial charge in [0, 0.05) is 23.4 Å². The molecule has 1 aromatic heterocycles. The van der Waals surface area contributed by atoms with Gasteiger partial charge in [-0.25, -0.2) is 0 Å². The van der Waals surface area contributed by atoms with Crippen LogP contribution in [0.3, 0.4) is 0 Å². The van der Waals surface area contributed by atoms with Gasteiger partial charge < -0.3 is 9.84 Å². The van der Waals surface area contributed by atoms with Gasteiger partial charge in [0.25, 0.3) is 0 Å². The van der Waals surface area contributed by atoms with E-state index in [1.54, 1.807) is 0 Å². The Labute approximate surface area is 96.5 Å². The molecule has 0 saturated carbocycles. The number of aliphatic hydroxyl groups is 1. The van der Waals surface area contributed by atoms with Crippen LogP contribution in [0.1, 0.15) is 42.3 Å². The Morgan fingerprint density at radius 1 is 1.50 bits per heavy atom. The topological polar surface area (TPSA) is 42.4 Å². The first-order valence-electron chi connectivity index (χ1n) is 6.04. The molecule has 0 fully saturated rings. The minimum Gasteiger partial charge on any atom is -0.392 e. The monoisotopic (exact) mass is 221 g/mol. The van der Waals surface area contributed by atoms with Gasteiger partial charge in [0.05, 0.1) is 19.8 Å². The van der Waals surface area contributed by atoms with Crippen LogP contribution >= 0.6 is 0 Å². The molecule has 0 atom stereocenters. The fourth-order valence-corrected chi connectivity index (χ4v) is 2.10. The molecule has 88 valence electrons. The van der Waals surface area contributed by atoms with Gasteiger partial charge in [0.15, 0.2) is 0 Å². The first kappa shape index (κ1) is 11.6. The summed E-state index contributed by atoms with van der Waals surface area (Å²) in [7, 11) is 0. The van der Waals surface area contributed by atoms with Gasteiger partial charge in [-0.1, -0.05) is 13.3 Å². The molecule has 3 nitrogen and oxygen atoms in total. The van der Waals surface area contributed by atoms with Crippen LogP contribution in [0.15, 0.2) is 6.07 Å². The summed E-state index contributed by atoms with van der Waals surface area (Å²) in [4.78, 5) is 4.67. The number of fused-ring (bicyclic) bond motifs is 1. The molecule has 0 unspecified atom stereocenters. The average molecular weight is 221 g/mol. The number of nitrogens with zero attached hydrogens (tertiary/aromatic N) is 1. The summed E-state index contributed by atoms with van der Waals surface area (Å²) in [5, 5.41) is 9.36. The van der Waals surface area contributed by atoms with Gasteiger partial charge in [-0.15, -0.1) is 0 Å². The molecule has 1 aliphatic rings. The Kier molecular flexibility index (Phi) is 3.91.